The lowest BCUT2D eigenvalue weighted by atomic mass is 9.65. The Morgan fingerprint density at radius 1 is 1.20 bits per heavy atom. The van der Waals surface area contributed by atoms with E-state index in [-0.39, 0.29) is 22.6 Å². The van der Waals surface area contributed by atoms with Gasteiger partial charge in [-0.3, -0.25) is 9.59 Å². The molecule has 0 N–H and O–H groups in total. The van der Waals surface area contributed by atoms with Crippen LogP contribution in [0.5, 0.6) is 0 Å². The van der Waals surface area contributed by atoms with E-state index >= 15 is 0 Å². The predicted molar refractivity (Wildman–Crippen MR) is 114 cm³/mol. The van der Waals surface area contributed by atoms with Gasteiger partial charge in [0, 0.05) is 37.8 Å². The molecular formula is C24H31N3O3. The molecule has 1 saturated heterocycles. The third kappa shape index (κ3) is 4.00. The molecule has 2 bridgehead atoms. The largest absolute Gasteiger partial charge is 0.361 e. The monoisotopic (exact) mass is 409 g/mol. The molecule has 1 aromatic heterocycles. The fourth-order valence-electron chi connectivity index (χ4n) is 5.62. The van der Waals surface area contributed by atoms with Crippen molar-refractivity contribution in [3.8, 4) is 0 Å². The van der Waals surface area contributed by atoms with Crippen LogP contribution in [0.1, 0.15) is 72.2 Å². The summed E-state index contributed by atoms with van der Waals surface area (Å²) < 4.78 is 4.99. The van der Waals surface area contributed by atoms with Crippen LogP contribution in [0.4, 0.5) is 0 Å². The molecule has 2 amide bonds. The van der Waals surface area contributed by atoms with Gasteiger partial charge in [-0.15, -0.1) is 0 Å². The first-order valence-electron chi connectivity index (χ1n) is 10.6. The number of likely N-dealkylation sites (tertiary alicyclic amines) is 1. The van der Waals surface area contributed by atoms with E-state index < -0.39 is 0 Å². The van der Waals surface area contributed by atoms with Crippen LogP contribution in [0.2, 0.25) is 0 Å². The summed E-state index contributed by atoms with van der Waals surface area (Å²) in [5, 5.41) is 3.79. The van der Waals surface area contributed by atoms with Gasteiger partial charge in [0.25, 0.3) is 11.8 Å². The van der Waals surface area contributed by atoms with Crippen molar-refractivity contribution in [2.45, 2.75) is 59.5 Å². The number of fused-ring (bicyclic) bond motifs is 2. The van der Waals surface area contributed by atoms with Crippen LogP contribution in [-0.4, -0.2) is 46.4 Å². The van der Waals surface area contributed by atoms with Gasteiger partial charge in [-0.25, -0.2) is 0 Å². The van der Waals surface area contributed by atoms with E-state index in [2.05, 4.69) is 30.8 Å². The van der Waals surface area contributed by atoms with Gasteiger partial charge >= 0.3 is 0 Å². The molecule has 2 atom stereocenters. The first-order valence-corrected chi connectivity index (χ1v) is 10.6. The van der Waals surface area contributed by atoms with Crippen LogP contribution < -0.4 is 0 Å². The van der Waals surface area contributed by atoms with E-state index in [9.17, 15) is 9.59 Å². The number of carbonyl (C=O) groups excluding carboxylic acids is 2. The van der Waals surface area contributed by atoms with Crippen LogP contribution in [0, 0.1) is 17.8 Å². The average Bonchev–Trinajstić information content (AvgIpc) is 3.20. The van der Waals surface area contributed by atoms with E-state index in [1.165, 1.54) is 6.42 Å². The van der Waals surface area contributed by atoms with E-state index in [0.717, 1.165) is 24.9 Å². The molecule has 0 radical (unpaired) electrons. The molecule has 2 fully saturated rings. The zero-order chi connectivity index (χ0) is 21.7. The van der Waals surface area contributed by atoms with Crippen molar-refractivity contribution >= 4 is 11.8 Å². The second kappa shape index (κ2) is 7.25. The maximum atomic E-state index is 13.2. The van der Waals surface area contributed by atoms with Crippen LogP contribution in [0.3, 0.4) is 0 Å². The number of aromatic nitrogens is 1. The molecule has 2 aliphatic rings. The van der Waals surface area contributed by atoms with Gasteiger partial charge in [0.1, 0.15) is 5.76 Å². The number of nitrogens with zero attached hydrogens (tertiary/aromatic N) is 3. The summed E-state index contributed by atoms with van der Waals surface area (Å²) in [5.41, 5.74) is 2.50. The number of hydrogen-bond acceptors (Lipinski definition) is 4. The average molecular weight is 410 g/mol. The predicted octanol–water partition coefficient (Wildman–Crippen LogP) is 4.30. The molecule has 6 heteroatoms. The Labute approximate surface area is 178 Å². The minimum atomic E-state index is -0.188. The molecule has 0 spiro atoms. The first kappa shape index (κ1) is 20.6. The van der Waals surface area contributed by atoms with Crippen molar-refractivity contribution in [3.05, 3.63) is 52.9 Å². The van der Waals surface area contributed by atoms with Crippen LogP contribution in [0.15, 0.2) is 34.9 Å². The third-order valence-electron chi connectivity index (χ3n) is 6.49. The minimum Gasteiger partial charge on any atom is -0.361 e. The van der Waals surface area contributed by atoms with Crippen LogP contribution >= 0.6 is 0 Å². The highest BCUT2D eigenvalue weighted by atomic mass is 16.5. The number of amides is 2. The highest BCUT2D eigenvalue weighted by Gasteiger charge is 2.50. The molecular weight excluding hydrogens is 378 g/mol. The molecule has 1 aliphatic carbocycles. The number of aryl methyl sites for hydroxylation is 1. The second-order valence-corrected chi connectivity index (χ2v) is 10.3. The zero-order valence-electron chi connectivity index (χ0n) is 18.6. The summed E-state index contributed by atoms with van der Waals surface area (Å²) >= 11 is 0. The molecule has 2 aromatic rings. The SMILES string of the molecule is Cc1cc(C(=O)N(C)Cc2ccc(C(=O)N3CC4(C)C[C@H]3CC(C)(C)C4)cc2)no1. The Morgan fingerprint density at radius 3 is 2.53 bits per heavy atom. The molecule has 160 valence electrons. The lowest BCUT2D eigenvalue weighted by Gasteiger charge is -2.39. The Bertz CT molecular complexity index is 962. The Hall–Kier alpha value is -2.63. The number of rotatable bonds is 4. The summed E-state index contributed by atoms with van der Waals surface area (Å²) in [6, 6.07) is 9.59. The zero-order valence-corrected chi connectivity index (χ0v) is 18.6. The van der Waals surface area contributed by atoms with Crippen molar-refractivity contribution < 1.29 is 14.1 Å². The quantitative estimate of drug-likeness (QED) is 0.755. The number of carbonyl (C=O) groups is 2. The van der Waals surface area contributed by atoms with Crippen molar-refractivity contribution in [2.75, 3.05) is 13.6 Å². The van der Waals surface area contributed by atoms with Crippen molar-refractivity contribution in [1.29, 1.82) is 0 Å². The van der Waals surface area contributed by atoms with Gasteiger partial charge in [-0.2, -0.15) is 0 Å². The fourth-order valence-corrected chi connectivity index (χ4v) is 5.62. The maximum absolute atomic E-state index is 13.2. The molecule has 1 aliphatic heterocycles. The Morgan fingerprint density at radius 2 is 1.90 bits per heavy atom. The van der Waals surface area contributed by atoms with Gasteiger partial charge in [-0.1, -0.05) is 38.1 Å². The molecule has 30 heavy (non-hydrogen) atoms. The highest BCUT2D eigenvalue weighted by Crippen LogP contribution is 2.52. The minimum absolute atomic E-state index is 0.121. The highest BCUT2D eigenvalue weighted by molar-refractivity contribution is 5.95. The van der Waals surface area contributed by atoms with Gasteiger partial charge in [0.15, 0.2) is 5.69 Å². The standard InChI is InChI=1S/C24H31N3O3/c1-16-10-20(25-30-16)22(29)26(5)13-17-6-8-18(9-7-17)21(28)27-15-24(4)12-19(27)11-23(2,3)14-24/h6-10,19H,11-15H2,1-5H3/t19-,24?/m1/s1. The summed E-state index contributed by atoms with van der Waals surface area (Å²) in [7, 11) is 1.73. The lowest BCUT2D eigenvalue weighted by Crippen LogP contribution is -2.37. The summed E-state index contributed by atoms with van der Waals surface area (Å²) in [6.07, 6.45) is 3.35. The van der Waals surface area contributed by atoms with Crippen molar-refractivity contribution in [2.24, 2.45) is 10.8 Å². The van der Waals surface area contributed by atoms with E-state index in [0.29, 0.717) is 29.6 Å². The Kier molecular flexibility index (Phi) is 4.99. The topological polar surface area (TPSA) is 66.7 Å². The van der Waals surface area contributed by atoms with Crippen molar-refractivity contribution in [1.82, 2.24) is 15.0 Å². The Balaban J connectivity index is 1.42. The van der Waals surface area contributed by atoms with Crippen LogP contribution in [0.25, 0.3) is 0 Å². The van der Waals surface area contributed by atoms with Gasteiger partial charge in [0.2, 0.25) is 0 Å². The summed E-state index contributed by atoms with van der Waals surface area (Å²) in [5.74, 6) is 0.543. The molecule has 1 saturated carbocycles. The fraction of sp³-hybridized carbons (Fsp3) is 0.542. The van der Waals surface area contributed by atoms with Gasteiger partial charge in [0.05, 0.1) is 0 Å². The summed E-state index contributed by atoms with van der Waals surface area (Å²) in [4.78, 5) is 29.3. The van der Waals surface area contributed by atoms with Crippen molar-refractivity contribution in [3.63, 3.8) is 0 Å². The normalized spacial score (nSPS) is 24.7. The van der Waals surface area contributed by atoms with Gasteiger partial charge < -0.3 is 14.3 Å². The van der Waals surface area contributed by atoms with E-state index in [4.69, 9.17) is 4.52 Å². The molecule has 2 heterocycles. The van der Waals surface area contributed by atoms with E-state index in [1.807, 2.05) is 24.3 Å². The molecule has 1 unspecified atom stereocenters. The van der Waals surface area contributed by atoms with Crippen LogP contribution in [-0.2, 0) is 6.54 Å². The third-order valence-corrected chi connectivity index (χ3v) is 6.49. The molecule has 6 nitrogen and oxygen atoms in total. The smallest absolute Gasteiger partial charge is 0.276 e. The molecule has 4 rings (SSSR count). The maximum Gasteiger partial charge on any atom is 0.276 e. The number of hydrogen-bond donors (Lipinski definition) is 0. The van der Waals surface area contributed by atoms with Gasteiger partial charge in [-0.05, 0) is 54.7 Å². The first-order chi connectivity index (χ1) is 14.1. The summed E-state index contributed by atoms with van der Waals surface area (Å²) in [6.45, 7) is 10.0. The number of benzene rings is 1. The lowest BCUT2D eigenvalue weighted by molar-refractivity contribution is 0.0706. The second-order valence-electron chi connectivity index (χ2n) is 10.3. The van der Waals surface area contributed by atoms with E-state index in [1.54, 1.807) is 24.9 Å². The molecule has 1 aromatic carbocycles.